The third kappa shape index (κ3) is 3.15. The molecule has 0 aliphatic carbocycles. The Balaban J connectivity index is 2.44. The van der Waals surface area contributed by atoms with Crippen LogP contribution in [0.15, 0.2) is 0 Å². The van der Waals surface area contributed by atoms with Gasteiger partial charge in [-0.15, -0.1) is 0 Å². The monoisotopic (exact) mass is 218 g/mol. The van der Waals surface area contributed by atoms with Gasteiger partial charge in [0, 0.05) is 33.5 Å². The van der Waals surface area contributed by atoms with Gasteiger partial charge >= 0.3 is 5.97 Å². The van der Waals surface area contributed by atoms with E-state index >= 15 is 0 Å². The predicted octanol–water partition coefficient (Wildman–Crippen LogP) is 1.07. The Labute approximate surface area is 89.6 Å². The summed E-state index contributed by atoms with van der Waals surface area (Å²) in [5.41, 5.74) is 0. The van der Waals surface area contributed by atoms with Gasteiger partial charge in [0.15, 0.2) is 12.1 Å². The Morgan fingerprint density at radius 2 is 2.20 bits per heavy atom. The molecular formula is C10H18O5. The SMILES string of the molecule is COC(=O)CC[C@]1(OC)CC[C@@H](OC)O1. The minimum atomic E-state index is -0.686. The molecule has 1 aliphatic heterocycles. The van der Waals surface area contributed by atoms with Crippen LogP contribution in [0.1, 0.15) is 25.7 Å². The van der Waals surface area contributed by atoms with Crippen molar-refractivity contribution >= 4 is 5.97 Å². The smallest absolute Gasteiger partial charge is 0.305 e. The molecule has 1 heterocycles. The molecule has 0 radical (unpaired) electrons. The number of methoxy groups -OCH3 is 3. The number of rotatable bonds is 5. The lowest BCUT2D eigenvalue weighted by Gasteiger charge is -2.26. The number of hydrogen-bond donors (Lipinski definition) is 0. The molecule has 15 heavy (non-hydrogen) atoms. The molecule has 5 nitrogen and oxygen atoms in total. The first-order valence-electron chi connectivity index (χ1n) is 4.98. The largest absolute Gasteiger partial charge is 0.469 e. The lowest BCUT2D eigenvalue weighted by molar-refractivity contribution is -0.259. The molecule has 5 heteroatoms. The van der Waals surface area contributed by atoms with Crippen molar-refractivity contribution < 1.29 is 23.7 Å². The average Bonchev–Trinajstić information content (AvgIpc) is 2.70. The molecule has 0 bridgehead atoms. The van der Waals surface area contributed by atoms with Crippen LogP contribution in [-0.4, -0.2) is 39.4 Å². The predicted molar refractivity (Wildman–Crippen MR) is 52.1 cm³/mol. The van der Waals surface area contributed by atoms with Crippen LogP contribution in [0.25, 0.3) is 0 Å². The number of carbonyl (C=O) groups excluding carboxylic acids is 1. The van der Waals surface area contributed by atoms with E-state index in [4.69, 9.17) is 14.2 Å². The maximum absolute atomic E-state index is 11.0. The first-order valence-corrected chi connectivity index (χ1v) is 4.98. The summed E-state index contributed by atoms with van der Waals surface area (Å²) in [6.07, 6.45) is 2.07. The molecular weight excluding hydrogens is 200 g/mol. The molecule has 0 aromatic carbocycles. The summed E-state index contributed by atoms with van der Waals surface area (Å²) >= 11 is 0. The molecule has 0 N–H and O–H groups in total. The third-order valence-corrected chi connectivity index (χ3v) is 2.68. The van der Waals surface area contributed by atoms with Crippen LogP contribution in [0.5, 0.6) is 0 Å². The zero-order chi connectivity index (χ0) is 11.3. The summed E-state index contributed by atoms with van der Waals surface area (Å²) in [6.45, 7) is 0. The first kappa shape index (κ1) is 12.4. The average molecular weight is 218 g/mol. The number of hydrogen-bond acceptors (Lipinski definition) is 5. The van der Waals surface area contributed by atoms with E-state index in [1.165, 1.54) is 7.11 Å². The van der Waals surface area contributed by atoms with Gasteiger partial charge < -0.3 is 18.9 Å². The summed E-state index contributed by atoms with van der Waals surface area (Å²) in [4.78, 5) is 11.0. The molecule has 88 valence electrons. The fraction of sp³-hybridized carbons (Fsp3) is 0.900. The summed E-state index contributed by atoms with van der Waals surface area (Å²) in [7, 11) is 4.54. The van der Waals surface area contributed by atoms with Crippen molar-refractivity contribution in [3.63, 3.8) is 0 Å². The van der Waals surface area contributed by atoms with E-state index in [0.717, 1.165) is 12.8 Å². The van der Waals surface area contributed by atoms with Gasteiger partial charge in [-0.3, -0.25) is 4.79 Å². The standard InChI is InChI=1S/C10H18O5/c1-12-8(11)4-6-10(14-3)7-5-9(13-2)15-10/h9H,4-7H2,1-3H3/t9-,10+/m0/s1. The Bertz CT molecular complexity index is 218. The van der Waals surface area contributed by atoms with E-state index in [2.05, 4.69) is 4.74 Å². The Morgan fingerprint density at radius 3 is 2.67 bits per heavy atom. The van der Waals surface area contributed by atoms with Crippen molar-refractivity contribution in [1.29, 1.82) is 0 Å². The lowest BCUT2D eigenvalue weighted by atomic mass is 10.1. The topological polar surface area (TPSA) is 54.0 Å². The van der Waals surface area contributed by atoms with Crippen molar-refractivity contribution in [2.45, 2.75) is 37.8 Å². The second-order valence-corrected chi connectivity index (χ2v) is 3.51. The minimum absolute atomic E-state index is 0.234. The van der Waals surface area contributed by atoms with Crippen molar-refractivity contribution in [2.75, 3.05) is 21.3 Å². The molecule has 0 amide bonds. The molecule has 0 spiro atoms. The van der Waals surface area contributed by atoms with Crippen molar-refractivity contribution in [2.24, 2.45) is 0 Å². The highest BCUT2D eigenvalue weighted by atomic mass is 16.8. The van der Waals surface area contributed by atoms with E-state index < -0.39 is 5.79 Å². The Morgan fingerprint density at radius 1 is 1.47 bits per heavy atom. The molecule has 1 aliphatic rings. The van der Waals surface area contributed by atoms with Gasteiger partial charge in [-0.25, -0.2) is 0 Å². The Kier molecular flexibility index (Phi) is 4.50. The van der Waals surface area contributed by atoms with Gasteiger partial charge in [0.2, 0.25) is 0 Å². The number of ether oxygens (including phenoxy) is 4. The molecule has 0 saturated carbocycles. The summed E-state index contributed by atoms with van der Waals surface area (Å²) in [5.74, 6) is -0.939. The lowest BCUT2D eigenvalue weighted by Crippen LogP contribution is -2.32. The molecule has 0 unspecified atom stereocenters. The van der Waals surface area contributed by atoms with Crippen molar-refractivity contribution in [1.82, 2.24) is 0 Å². The highest BCUT2D eigenvalue weighted by Gasteiger charge is 2.40. The van der Waals surface area contributed by atoms with Crippen LogP contribution < -0.4 is 0 Å². The van der Waals surface area contributed by atoms with E-state index in [-0.39, 0.29) is 12.3 Å². The fourth-order valence-corrected chi connectivity index (χ4v) is 1.69. The van der Waals surface area contributed by atoms with Crippen LogP contribution in [0, 0.1) is 0 Å². The van der Waals surface area contributed by atoms with Crippen LogP contribution in [0.4, 0.5) is 0 Å². The third-order valence-electron chi connectivity index (χ3n) is 2.68. The molecule has 2 atom stereocenters. The highest BCUT2D eigenvalue weighted by molar-refractivity contribution is 5.69. The van der Waals surface area contributed by atoms with Crippen LogP contribution in [-0.2, 0) is 23.7 Å². The minimum Gasteiger partial charge on any atom is -0.469 e. The van der Waals surface area contributed by atoms with Gasteiger partial charge in [-0.1, -0.05) is 0 Å². The van der Waals surface area contributed by atoms with E-state index in [9.17, 15) is 4.79 Å². The number of esters is 1. The zero-order valence-corrected chi connectivity index (χ0v) is 9.45. The summed E-state index contributed by atoms with van der Waals surface area (Å²) < 4.78 is 20.6. The van der Waals surface area contributed by atoms with Crippen LogP contribution in [0.2, 0.25) is 0 Å². The molecule has 1 saturated heterocycles. The van der Waals surface area contributed by atoms with E-state index in [0.29, 0.717) is 12.8 Å². The van der Waals surface area contributed by atoms with Crippen molar-refractivity contribution in [3.8, 4) is 0 Å². The molecule has 1 fully saturated rings. The van der Waals surface area contributed by atoms with Crippen LogP contribution in [0.3, 0.4) is 0 Å². The quantitative estimate of drug-likeness (QED) is 0.646. The van der Waals surface area contributed by atoms with Gasteiger partial charge in [-0.2, -0.15) is 0 Å². The summed E-state index contributed by atoms with van der Waals surface area (Å²) in [5, 5.41) is 0. The molecule has 1 rings (SSSR count). The van der Waals surface area contributed by atoms with E-state index in [1.807, 2.05) is 0 Å². The number of carbonyl (C=O) groups is 1. The van der Waals surface area contributed by atoms with Crippen LogP contribution >= 0.6 is 0 Å². The molecule has 0 aromatic heterocycles. The van der Waals surface area contributed by atoms with Gasteiger partial charge in [0.05, 0.1) is 13.5 Å². The van der Waals surface area contributed by atoms with Gasteiger partial charge in [0.25, 0.3) is 0 Å². The van der Waals surface area contributed by atoms with E-state index in [1.54, 1.807) is 14.2 Å². The molecule has 0 aromatic rings. The maximum atomic E-state index is 11.0. The summed E-state index contributed by atoms with van der Waals surface area (Å²) in [6, 6.07) is 0. The first-order chi connectivity index (χ1) is 7.15. The van der Waals surface area contributed by atoms with Crippen molar-refractivity contribution in [3.05, 3.63) is 0 Å². The normalized spacial score (nSPS) is 30.5. The van der Waals surface area contributed by atoms with Gasteiger partial charge in [0.1, 0.15) is 0 Å². The highest BCUT2D eigenvalue weighted by Crippen LogP contribution is 2.35. The van der Waals surface area contributed by atoms with Gasteiger partial charge in [-0.05, 0) is 0 Å². The zero-order valence-electron chi connectivity index (χ0n) is 9.45. The maximum Gasteiger partial charge on any atom is 0.305 e. The second kappa shape index (κ2) is 5.44. The Hall–Kier alpha value is -0.650. The fourth-order valence-electron chi connectivity index (χ4n) is 1.69. The second-order valence-electron chi connectivity index (χ2n) is 3.51.